The van der Waals surface area contributed by atoms with Gasteiger partial charge in [-0.15, -0.1) is 11.3 Å². The molecule has 1 amide bonds. The topological polar surface area (TPSA) is 78.0 Å². The fraction of sp³-hybridized carbons (Fsp3) is 0.476. The lowest BCUT2D eigenvalue weighted by atomic mass is 9.97. The van der Waals surface area contributed by atoms with Crippen molar-refractivity contribution < 1.29 is 23.8 Å². The number of ether oxygens (including phenoxy) is 3. The minimum atomic E-state index is -0.632. The molecule has 1 aromatic carbocycles. The summed E-state index contributed by atoms with van der Waals surface area (Å²) in [5, 5.41) is 0.495. The molecule has 0 aliphatic carbocycles. The number of carbonyl (C=O) groups is 2. The molecule has 162 valence electrons. The van der Waals surface area contributed by atoms with Crippen LogP contribution in [-0.2, 0) is 20.7 Å². The zero-order valence-electron chi connectivity index (χ0n) is 17.4. The van der Waals surface area contributed by atoms with E-state index in [0.29, 0.717) is 29.3 Å². The maximum Gasteiger partial charge on any atom is 0.411 e. The molecule has 0 bridgehead atoms. The van der Waals surface area contributed by atoms with E-state index in [1.807, 2.05) is 20.8 Å². The van der Waals surface area contributed by atoms with Crippen LogP contribution in [0.5, 0.6) is 5.75 Å². The van der Waals surface area contributed by atoms with Gasteiger partial charge in [0, 0.05) is 23.6 Å². The third kappa shape index (κ3) is 5.23. The second-order valence-electron chi connectivity index (χ2n) is 7.77. The van der Waals surface area contributed by atoms with Crippen LogP contribution < -0.4 is 4.74 Å². The first-order valence-electron chi connectivity index (χ1n) is 9.69. The molecule has 2 aromatic rings. The van der Waals surface area contributed by atoms with Crippen LogP contribution in [0.2, 0.25) is 5.02 Å². The van der Waals surface area contributed by atoms with E-state index in [-0.39, 0.29) is 13.2 Å². The number of amides is 1. The van der Waals surface area contributed by atoms with Gasteiger partial charge in [0.05, 0.1) is 22.7 Å². The summed E-state index contributed by atoms with van der Waals surface area (Å²) in [6, 6.07) is 4.64. The van der Waals surface area contributed by atoms with Gasteiger partial charge in [-0.25, -0.2) is 14.6 Å². The molecular weight excluding hydrogens is 428 g/mol. The Morgan fingerprint density at radius 1 is 1.33 bits per heavy atom. The Balaban J connectivity index is 2.00. The summed E-state index contributed by atoms with van der Waals surface area (Å²) in [4.78, 5) is 31.8. The number of aromatic nitrogens is 1. The van der Waals surface area contributed by atoms with Gasteiger partial charge in [-0.1, -0.05) is 11.6 Å². The summed E-state index contributed by atoms with van der Waals surface area (Å²) >= 11 is 7.75. The van der Waals surface area contributed by atoms with Crippen molar-refractivity contribution >= 4 is 35.0 Å². The molecule has 2 heterocycles. The quantitative estimate of drug-likeness (QED) is 0.616. The number of rotatable bonds is 5. The smallest absolute Gasteiger partial charge is 0.411 e. The average Bonchev–Trinajstić information content (AvgIpc) is 3.14. The molecule has 1 aliphatic heterocycles. The molecule has 3 rings (SSSR count). The lowest BCUT2D eigenvalue weighted by Crippen LogP contribution is -2.43. The molecule has 0 saturated heterocycles. The van der Waals surface area contributed by atoms with Gasteiger partial charge in [-0.05, 0) is 45.9 Å². The van der Waals surface area contributed by atoms with Gasteiger partial charge in [0.15, 0.2) is 6.61 Å². The van der Waals surface area contributed by atoms with E-state index in [9.17, 15) is 9.59 Å². The van der Waals surface area contributed by atoms with Crippen molar-refractivity contribution in [1.82, 2.24) is 9.88 Å². The molecule has 7 nitrogen and oxygen atoms in total. The summed E-state index contributed by atoms with van der Waals surface area (Å²) in [5.41, 5.74) is 2.73. The predicted molar refractivity (Wildman–Crippen MR) is 114 cm³/mol. The van der Waals surface area contributed by atoms with Gasteiger partial charge >= 0.3 is 12.1 Å². The average molecular weight is 453 g/mol. The van der Waals surface area contributed by atoms with Crippen LogP contribution in [0, 0.1) is 0 Å². The second kappa shape index (κ2) is 9.22. The summed E-state index contributed by atoms with van der Waals surface area (Å²) in [5.74, 6) is -0.0169. The van der Waals surface area contributed by atoms with Gasteiger partial charge in [-0.2, -0.15) is 0 Å². The van der Waals surface area contributed by atoms with Gasteiger partial charge in [0.2, 0.25) is 0 Å². The molecule has 1 aromatic heterocycles. The molecule has 1 atom stereocenters. The molecule has 1 unspecified atom stereocenters. The molecule has 0 spiro atoms. The second-order valence-corrected chi connectivity index (χ2v) is 9.09. The van der Waals surface area contributed by atoms with E-state index in [2.05, 4.69) is 4.98 Å². The summed E-state index contributed by atoms with van der Waals surface area (Å²) < 4.78 is 16.3. The normalized spacial score (nSPS) is 16.0. The highest BCUT2D eigenvalue weighted by Crippen LogP contribution is 2.42. The number of fused-ring (bicyclic) bond motifs is 1. The van der Waals surface area contributed by atoms with Crippen molar-refractivity contribution in [2.45, 2.75) is 45.8 Å². The van der Waals surface area contributed by atoms with Crippen molar-refractivity contribution in [2.75, 3.05) is 19.8 Å². The summed E-state index contributed by atoms with van der Waals surface area (Å²) in [6.07, 6.45) is 0.205. The van der Waals surface area contributed by atoms with Gasteiger partial charge in [0.1, 0.15) is 17.4 Å². The number of esters is 1. The Morgan fingerprint density at radius 2 is 2.10 bits per heavy atom. The Hall–Kier alpha value is -2.32. The van der Waals surface area contributed by atoms with E-state index in [1.165, 1.54) is 11.3 Å². The van der Waals surface area contributed by atoms with Crippen molar-refractivity contribution in [1.29, 1.82) is 0 Å². The number of benzene rings is 1. The monoisotopic (exact) mass is 452 g/mol. The predicted octanol–water partition coefficient (Wildman–Crippen LogP) is 4.62. The van der Waals surface area contributed by atoms with Gasteiger partial charge < -0.3 is 14.2 Å². The highest BCUT2D eigenvalue weighted by atomic mass is 35.5. The maximum absolute atomic E-state index is 13.0. The van der Waals surface area contributed by atoms with E-state index in [0.717, 1.165) is 10.6 Å². The molecule has 0 fully saturated rings. The number of halogens is 1. The third-order valence-electron chi connectivity index (χ3n) is 4.37. The first-order chi connectivity index (χ1) is 14.2. The fourth-order valence-electron chi connectivity index (χ4n) is 3.22. The van der Waals surface area contributed by atoms with Gasteiger partial charge in [-0.3, -0.25) is 4.90 Å². The standard InChI is InChI=1S/C21H25ClN2O5S/c1-5-27-17(25)11-28-16-7-6-13(22)10-14(16)18-19-15(23-12-30-19)8-9-24(18)20(26)29-21(2,3)4/h6-7,10,12,18H,5,8-9,11H2,1-4H3. The molecule has 30 heavy (non-hydrogen) atoms. The molecule has 0 radical (unpaired) electrons. The maximum atomic E-state index is 13.0. The van der Waals surface area contributed by atoms with Crippen molar-refractivity contribution in [3.05, 3.63) is 44.9 Å². The Morgan fingerprint density at radius 3 is 2.80 bits per heavy atom. The number of hydrogen-bond acceptors (Lipinski definition) is 7. The first-order valence-corrected chi connectivity index (χ1v) is 10.9. The van der Waals surface area contributed by atoms with Crippen molar-refractivity contribution in [2.24, 2.45) is 0 Å². The number of nitrogens with zero attached hydrogens (tertiary/aromatic N) is 2. The molecule has 9 heteroatoms. The SMILES string of the molecule is CCOC(=O)COc1ccc(Cl)cc1C1c2scnc2CCN1C(=O)OC(C)(C)C. The number of carbonyl (C=O) groups excluding carboxylic acids is 2. The lowest BCUT2D eigenvalue weighted by molar-refractivity contribution is -0.145. The Bertz CT molecular complexity index is 924. The number of thiazole rings is 1. The van der Waals surface area contributed by atoms with Crippen LogP contribution in [0.25, 0.3) is 0 Å². The van der Waals surface area contributed by atoms with E-state index < -0.39 is 23.7 Å². The minimum Gasteiger partial charge on any atom is -0.482 e. The molecule has 0 N–H and O–H groups in total. The lowest BCUT2D eigenvalue weighted by Gasteiger charge is -2.37. The summed E-state index contributed by atoms with van der Waals surface area (Å²) in [7, 11) is 0. The zero-order valence-corrected chi connectivity index (χ0v) is 19.0. The number of hydrogen-bond donors (Lipinski definition) is 0. The van der Waals surface area contributed by atoms with E-state index in [4.69, 9.17) is 25.8 Å². The van der Waals surface area contributed by atoms with Crippen LogP contribution in [0.4, 0.5) is 4.79 Å². The minimum absolute atomic E-state index is 0.239. The zero-order chi connectivity index (χ0) is 21.9. The molecule has 1 aliphatic rings. The van der Waals surface area contributed by atoms with E-state index >= 15 is 0 Å². The van der Waals surface area contributed by atoms with E-state index in [1.54, 1.807) is 35.5 Å². The molecule has 0 saturated carbocycles. The Labute approximate surface area is 184 Å². The van der Waals surface area contributed by atoms with Crippen LogP contribution in [0.3, 0.4) is 0 Å². The van der Waals surface area contributed by atoms with Crippen LogP contribution in [0.1, 0.15) is 49.9 Å². The van der Waals surface area contributed by atoms with Crippen LogP contribution >= 0.6 is 22.9 Å². The van der Waals surface area contributed by atoms with Crippen molar-refractivity contribution in [3.63, 3.8) is 0 Å². The third-order valence-corrected chi connectivity index (χ3v) is 5.53. The highest BCUT2D eigenvalue weighted by Gasteiger charge is 2.38. The van der Waals surface area contributed by atoms with Crippen LogP contribution in [0.15, 0.2) is 23.7 Å². The largest absolute Gasteiger partial charge is 0.482 e. The van der Waals surface area contributed by atoms with Gasteiger partial charge in [0.25, 0.3) is 0 Å². The Kier molecular flexibility index (Phi) is 6.88. The first kappa shape index (κ1) is 22.4. The van der Waals surface area contributed by atoms with Crippen molar-refractivity contribution in [3.8, 4) is 5.75 Å². The highest BCUT2D eigenvalue weighted by molar-refractivity contribution is 7.09. The molecular formula is C21H25ClN2O5S. The van der Waals surface area contributed by atoms with Crippen LogP contribution in [-0.4, -0.2) is 47.3 Å². The fourth-order valence-corrected chi connectivity index (χ4v) is 4.36. The summed E-state index contributed by atoms with van der Waals surface area (Å²) in [6.45, 7) is 7.70.